The van der Waals surface area contributed by atoms with Gasteiger partial charge in [-0.2, -0.15) is 0 Å². The molecule has 5 nitrogen and oxygen atoms in total. The minimum Gasteiger partial charge on any atom is -0.358 e. The van der Waals surface area contributed by atoms with Gasteiger partial charge < -0.3 is 21.1 Å². The highest BCUT2D eigenvalue weighted by Gasteiger charge is 1.91. The minimum atomic E-state index is -1.75. The molecule has 0 amide bonds. The van der Waals surface area contributed by atoms with Crippen LogP contribution >= 0.6 is 0 Å². The summed E-state index contributed by atoms with van der Waals surface area (Å²) >= 11 is 0. The second kappa shape index (κ2) is 17.6. The van der Waals surface area contributed by atoms with Crippen LogP contribution < -0.4 is 5.73 Å². The Bertz CT molecular complexity index is 141. The van der Waals surface area contributed by atoms with Crippen molar-refractivity contribution in [2.24, 2.45) is 0 Å². The molecule has 0 aliphatic heterocycles. The summed E-state index contributed by atoms with van der Waals surface area (Å²) in [7, 11) is 0. The molecule has 0 saturated carbocycles. The van der Waals surface area contributed by atoms with E-state index in [1.54, 1.807) is 0 Å². The molecule has 17 heavy (non-hydrogen) atoms. The average Bonchev–Trinajstić information content (AvgIpc) is 2.26. The lowest BCUT2D eigenvalue weighted by Crippen LogP contribution is -2.50. The normalized spacial score (nSPS) is 9.53. The molecule has 0 aromatic heterocycles. The van der Waals surface area contributed by atoms with E-state index < -0.39 is 5.09 Å². The SMILES string of the molecule is CCCCCCCCCCCC[NH3+].O=[N+]([O-])[O-]. The summed E-state index contributed by atoms with van der Waals surface area (Å²) in [6.07, 6.45) is 14.2. The number of hydrogen-bond acceptors (Lipinski definition) is 3. The Hall–Kier alpha value is -0.840. The average molecular weight is 248 g/mol. The third kappa shape index (κ3) is 31.3. The molecule has 104 valence electrons. The largest absolute Gasteiger partial charge is 0.358 e. The van der Waals surface area contributed by atoms with Gasteiger partial charge in [-0.1, -0.05) is 58.3 Å². The minimum absolute atomic E-state index is 1.12. The van der Waals surface area contributed by atoms with Crippen LogP contribution in [0.1, 0.15) is 71.1 Å². The van der Waals surface area contributed by atoms with E-state index in [0.29, 0.717) is 0 Å². The predicted octanol–water partition coefficient (Wildman–Crippen LogP) is 2.91. The van der Waals surface area contributed by atoms with E-state index in [9.17, 15) is 0 Å². The Kier molecular flexibility index (Phi) is 19.1. The third-order valence-electron chi connectivity index (χ3n) is 2.60. The van der Waals surface area contributed by atoms with E-state index in [0.717, 1.165) is 6.54 Å². The van der Waals surface area contributed by atoms with Gasteiger partial charge in [0.2, 0.25) is 0 Å². The van der Waals surface area contributed by atoms with E-state index in [-0.39, 0.29) is 0 Å². The summed E-state index contributed by atoms with van der Waals surface area (Å²) < 4.78 is 0. The van der Waals surface area contributed by atoms with Crippen molar-refractivity contribution >= 4 is 0 Å². The Morgan fingerprint density at radius 2 is 1.12 bits per heavy atom. The van der Waals surface area contributed by atoms with Crippen LogP contribution in [-0.4, -0.2) is 11.6 Å². The lowest BCUT2D eigenvalue weighted by Gasteiger charge is -2.00. The molecule has 0 aromatic carbocycles. The molecule has 0 unspecified atom stereocenters. The van der Waals surface area contributed by atoms with Crippen LogP contribution in [0.4, 0.5) is 0 Å². The zero-order valence-corrected chi connectivity index (χ0v) is 11.2. The van der Waals surface area contributed by atoms with Crippen LogP contribution in [0, 0.1) is 15.3 Å². The molecule has 0 radical (unpaired) electrons. The molecule has 0 bridgehead atoms. The zero-order valence-electron chi connectivity index (χ0n) is 11.2. The molecule has 0 atom stereocenters. The maximum Gasteiger partial charge on any atom is 0.0739 e. The van der Waals surface area contributed by atoms with E-state index in [1.807, 2.05) is 0 Å². The van der Waals surface area contributed by atoms with Gasteiger partial charge in [0, 0.05) is 0 Å². The van der Waals surface area contributed by atoms with Gasteiger partial charge in [-0.3, -0.25) is 0 Å². The van der Waals surface area contributed by atoms with Gasteiger partial charge in [0.1, 0.15) is 0 Å². The number of hydrogen-bond donors (Lipinski definition) is 1. The van der Waals surface area contributed by atoms with Crippen molar-refractivity contribution in [2.75, 3.05) is 6.54 Å². The molecule has 3 N–H and O–H groups in total. The first-order valence-electron chi connectivity index (χ1n) is 6.75. The van der Waals surface area contributed by atoms with Crippen molar-refractivity contribution in [1.82, 2.24) is 0 Å². The summed E-state index contributed by atoms with van der Waals surface area (Å²) in [6, 6.07) is 0. The van der Waals surface area contributed by atoms with Crippen LogP contribution in [0.5, 0.6) is 0 Å². The first-order chi connectivity index (χ1) is 8.15. The fourth-order valence-electron chi connectivity index (χ4n) is 1.66. The third-order valence-corrected chi connectivity index (χ3v) is 2.60. The standard InChI is InChI=1S/C12H27N.NO3/c1-2-3-4-5-6-7-8-9-10-11-12-13;2-1(3)4/h2-13H2,1H3;/q;-1/p+1. The number of quaternary nitrogens is 1. The molecule has 0 rings (SSSR count). The second-order valence-electron chi connectivity index (χ2n) is 4.26. The van der Waals surface area contributed by atoms with Gasteiger partial charge in [-0.05, 0) is 12.8 Å². The van der Waals surface area contributed by atoms with E-state index in [1.165, 1.54) is 64.2 Å². The molecule has 0 aliphatic rings. The zero-order chi connectivity index (χ0) is 13.4. The topological polar surface area (TPSA) is 93.8 Å². The van der Waals surface area contributed by atoms with Crippen LogP contribution in [0.3, 0.4) is 0 Å². The Morgan fingerprint density at radius 3 is 1.41 bits per heavy atom. The van der Waals surface area contributed by atoms with Gasteiger partial charge in [-0.25, -0.2) is 0 Å². The van der Waals surface area contributed by atoms with Crippen molar-refractivity contribution in [3.8, 4) is 0 Å². The molecule has 0 heterocycles. The fraction of sp³-hybridized carbons (Fsp3) is 1.00. The van der Waals surface area contributed by atoms with Crippen LogP contribution in [0.2, 0.25) is 0 Å². The summed E-state index contributed by atoms with van der Waals surface area (Å²) in [5, 5.41) is 14.8. The monoisotopic (exact) mass is 248 g/mol. The lowest BCUT2D eigenvalue weighted by molar-refractivity contribution is -0.402. The van der Waals surface area contributed by atoms with Gasteiger partial charge >= 0.3 is 0 Å². The van der Waals surface area contributed by atoms with Crippen LogP contribution in [0.25, 0.3) is 0 Å². The Morgan fingerprint density at radius 1 is 0.824 bits per heavy atom. The van der Waals surface area contributed by atoms with Gasteiger partial charge in [-0.15, -0.1) is 0 Å². The first-order valence-corrected chi connectivity index (χ1v) is 6.75. The summed E-state index contributed by atoms with van der Waals surface area (Å²) in [5.74, 6) is 0. The lowest BCUT2D eigenvalue weighted by atomic mass is 10.1. The van der Waals surface area contributed by atoms with E-state index in [4.69, 9.17) is 15.3 Å². The number of nitrogens with zero attached hydrogens (tertiary/aromatic N) is 1. The van der Waals surface area contributed by atoms with Crippen LogP contribution in [0.15, 0.2) is 0 Å². The highest BCUT2D eigenvalue weighted by atomic mass is 16.9. The Labute approximate surface area is 105 Å². The summed E-state index contributed by atoms with van der Waals surface area (Å²) in [5.41, 5.74) is 3.85. The molecule has 5 heteroatoms. The summed E-state index contributed by atoms with van der Waals surface area (Å²) in [6.45, 7) is 3.40. The van der Waals surface area contributed by atoms with Crippen molar-refractivity contribution < 1.29 is 10.8 Å². The number of rotatable bonds is 10. The maximum atomic E-state index is 8.25. The van der Waals surface area contributed by atoms with Crippen LogP contribution in [-0.2, 0) is 0 Å². The smallest absolute Gasteiger partial charge is 0.0739 e. The first kappa shape index (κ1) is 18.5. The molecular weight excluding hydrogens is 220 g/mol. The molecular formula is C12H28N2O3. The second-order valence-corrected chi connectivity index (χ2v) is 4.26. The van der Waals surface area contributed by atoms with Gasteiger partial charge in [0.15, 0.2) is 0 Å². The fourth-order valence-corrected chi connectivity index (χ4v) is 1.66. The molecule has 0 aromatic rings. The highest BCUT2D eigenvalue weighted by molar-refractivity contribution is 4.46. The molecule has 0 saturated heterocycles. The van der Waals surface area contributed by atoms with Crippen molar-refractivity contribution in [2.45, 2.75) is 71.1 Å². The molecule has 0 fully saturated rings. The van der Waals surface area contributed by atoms with Crippen molar-refractivity contribution in [1.29, 1.82) is 0 Å². The maximum absolute atomic E-state index is 8.25. The number of unbranched alkanes of at least 4 members (excludes halogenated alkanes) is 9. The van der Waals surface area contributed by atoms with Crippen molar-refractivity contribution in [3.05, 3.63) is 15.3 Å². The molecule has 0 aliphatic carbocycles. The quantitative estimate of drug-likeness (QED) is 0.366. The highest BCUT2D eigenvalue weighted by Crippen LogP contribution is 2.09. The Balaban J connectivity index is 0. The van der Waals surface area contributed by atoms with Gasteiger partial charge in [0.25, 0.3) is 0 Å². The van der Waals surface area contributed by atoms with E-state index in [2.05, 4.69) is 12.7 Å². The summed E-state index contributed by atoms with van der Waals surface area (Å²) in [4.78, 5) is 8.25. The van der Waals surface area contributed by atoms with Gasteiger partial charge in [0.05, 0.1) is 11.6 Å². The van der Waals surface area contributed by atoms with Crippen molar-refractivity contribution in [3.63, 3.8) is 0 Å². The van der Waals surface area contributed by atoms with E-state index >= 15 is 0 Å². The molecule has 0 spiro atoms. The predicted molar refractivity (Wildman–Crippen MR) is 70.0 cm³/mol.